The van der Waals surface area contributed by atoms with Crippen molar-refractivity contribution < 1.29 is 9.36 Å². The molecule has 0 unspecified atom stereocenters. The number of hydrogen-bond donors (Lipinski definition) is 0. The summed E-state index contributed by atoms with van der Waals surface area (Å²) < 4.78 is 2.01. The molecule has 0 saturated heterocycles. The second-order valence-corrected chi connectivity index (χ2v) is 6.11. The van der Waals surface area contributed by atoms with Crippen LogP contribution in [0.25, 0.3) is 0 Å². The zero-order valence-electron chi connectivity index (χ0n) is 13.2. The molecule has 2 aromatic rings. The number of aromatic nitrogens is 1. The fourth-order valence-electron chi connectivity index (χ4n) is 2.43. The van der Waals surface area contributed by atoms with E-state index in [-0.39, 0.29) is 5.78 Å². The third kappa shape index (κ3) is 5.22. The number of rotatable bonds is 8. The fourth-order valence-corrected chi connectivity index (χ4v) is 2.83. The summed E-state index contributed by atoms with van der Waals surface area (Å²) in [4.78, 5) is 13.6. The standard InChI is InChI=1S/C18H21Cl2N2O/c1-15(23)17-3-2-10-21(14-17)13-16-4-6-18(7-5-16)22(11-8-19)12-9-20/h2-7,10,14H,8-9,11-13H2,1H3/q+1. The molecule has 122 valence electrons. The number of benzene rings is 1. The summed E-state index contributed by atoms with van der Waals surface area (Å²) in [5, 5.41) is 0. The van der Waals surface area contributed by atoms with Gasteiger partial charge in [0.15, 0.2) is 24.7 Å². The van der Waals surface area contributed by atoms with E-state index in [9.17, 15) is 4.79 Å². The molecular weight excluding hydrogens is 331 g/mol. The van der Waals surface area contributed by atoms with E-state index >= 15 is 0 Å². The smallest absolute Gasteiger partial charge is 0.179 e. The largest absolute Gasteiger partial charge is 0.369 e. The van der Waals surface area contributed by atoms with Crippen LogP contribution in [0, 0.1) is 0 Å². The van der Waals surface area contributed by atoms with Gasteiger partial charge >= 0.3 is 0 Å². The van der Waals surface area contributed by atoms with Crippen LogP contribution in [0.4, 0.5) is 5.69 Å². The Morgan fingerprint density at radius 1 is 1.09 bits per heavy atom. The number of halogens is 2. The molecule has 1 aromatic heterocycles. The van der Waals surface area contributed by atoms with E-state index in [1.165, 1.54) is 5.56 Å². The van der Waals surface area contributed by atoms with Crippen LogP contribution in [-0.2, 0) is 6.54 Å². The van der Waals surface area contributed by atoms with Crippen LogP contribution in [0.3, 0.4) is 0 Å². The van der Waals surface area contributed by atoms with Crippen LogP contribution in [0.2, 0.25) is 0 Å². The molecule has 0 radical (unpaired) electrons. The van der Waals surface area contributed by atoms with Gasteiger partial charge in [-0.15, -0.1) is 23.2 Å². The maximum atomic E-state index is 11.5. The topological polar surface area (TPSA) is 24.2 Å². The minimum absolute atomic E-state index is 0.0764. The van der Waals surface area contributed by atoms with Crippen molar-refractivity contribution in [3.8, 4) is 0 Å². The van der Waals surface area contributed by atoms with E-state index in [4.69, 9.17) is 23.2 Å². The highest BCUT2D eigenvalue weighted by Crippen LogP contribution is 2.15. The van der Waals surface area contributed by atoms with E-state index < -0.39 is 0 Å². The fraction of sp³-hybridized carbons (Fsp3) is 0.333. The third-order valence-corrected chi connectivity index (χ3v) is 3.98. The SMILES string of the molecule is CC(=O)c1ccc[n+](Cc2ccc(N(CCCl)CCCl)cc2)c1. The maximum absolute atomic E-state index is 11.5. The highest BCUT2D eigenvalue weighted by molar-refractivity contribution is 6.18. The number of nitrogens with zero attached hydrogens (tertiary/aromatic N) is 2. The highest BCUT2D eigenvalue weighted by Gasteiger charge is 2.09. The van der Waals surface area contributed by atoms with Crippen LogP contribution in [-0.4, -0.2) is 30.6 Å². The first-order valence-corrected chi connectivity index (χ1v) is 8.67. The molecule has 0 bridgehead atoms. The summed E-state index contributed by atoms with van der Waals surface area (Å²) in [5.41, 5.74) is 3.02. The van der Waals surface area contributed by atoms with Crippen molar-refractivity contribution in [2.45, 2.75) is 13.5 Å². The number of carbonyl (C=O) groups excluding carboxylic acids is 1. The molecule has 0 aliphatic rings. The minimum atomic E-state index is 0.0764. The van der Waals surface area contributed by atoms with E-state index in [2.05, 4.69) is 29.2 Å². The van der Waals surface area contributed by atoms with Crippen molar-refractivity contribution in [3.63, 3.8) is 0 Å². The van der Waals surface area contributed by atoms with Gasteiger partial charge in [0.05, 0.1) is 5.56 Å². The number of hydrogen-bond acceptors (Lipinski definition) is 2. The molecule has 1 aromatic carbocycles. The zero-order valence-corrected chi connectivity index (χ0v) is 14.7. The Hall–Kier alpha value is -1.58. The quantitative estimate of drug-likeness (QED) is 0.413. The molecular formula is C18H21Cl2N2O+. The lowest BCUT2D eigenvalue weighted by atomic mass is 10.1. The van der Waals surface area contributed by atoms with Gasteiger partial charge in [0.2, 0.25) is 0 Å². The maximum Gasteiger partial charge on any atom is 0.179 e. The molecule has 0 spiro atoms. The van der Waals surface area contributed by atoms with Crippen LogP contribution in [0.15, 0.2) is 48.8 Å². The number of Topliss-reactive ketones (excluding diaryl/α,β-unsaturated/α-hetero) is 1. The molecule has 0 fully saturated rings. The lowest BCUT2D eigenvalue weighted by Crippen LogP contribution is -2.34. The molecule has 3 nitrogen and oxygen atoms in total. The Balaban J connectivity index is 2.10. The summed E-state index contributed by atoms with van der Waals surface area (Å²) in [6, 6.07) is 12.1. The monoisotopic (exact) mass is 351 g/mol. The Kier molecular flexibility index (Phi) is 6.87. The van der Waals surface area contributed by atoms with Gasteiger partial charge in [0, 0.05) is 42.2 Å². The Morgan fingerprint density at radius 3 is 2.30 bits per heavy atom. The molecule has 23 heavy (non-hydrogen) atoms. The summed E-state index contributed by atoms with van der Waals surface area (Å²) in [6.45, 7) is 3.87. The third-order valence-electron chi connectivity index (χ3n) is 3.64. The molecule has 0 amide bonds. The van der Waals surface area contributed by atoms with E-state index in [1.54, 1.807) is 6.92 Å². The minimum Gasteiger partial charge on any atom is -0.369 e. The van der Waals surface area contributed by atoms with Crippen LogP contribution < -0.4 is 9.47 Å². The predicted molar refractivity (Wildman–Crippen MR) is 95.8 cm³/mol. The Morgan fingerprint density at radius 2 is 1.74 bits per heavy atom. The number of pyridine rings is 1. The van der Waals surface area contributed by atoms with Crippen molar-refractivity contribution in [3.05, 3.63) is 59.9 Å². The Labute approximate surface area is 147 Å². The summed E-state index contributed by atoms with van der Waals surface area (Å²) in [7, 11) is 0. The highest BCUT2D eigenvalue weighted by atomic mass is 35.5. The Bertz CT molecular complexity index is 638. The van der Waals surface area contributed by atoms with Crippen molar-refractivity contribution in [2.75, 3.05) is 29.7 Å². The zero-order chi connectivity index (χ0) is 16.7. The number of ketones is 1. The molecule has 0 saturated carbocycles. The van der Waals surface area contributed by atoms with Crippen molar-refractivity contribution in [1.29, 1.82) is 0 Å². The lowest BCUT2D eigenvalue weighted by molar-refractivity contribution is -0.688. The first-order valence-electron chi connectivity index (χ1n) is 7.60. The number of anilines is 1. The van der Waals surface area contributed by atoms with Crippen molar-refractivity contribution in [2.24, 2.45) is 0 Å². The van der Waals surface area contributed by atoms with Crippen LogP contribution >= 0.6 is 23.2 Å². The molecule has 5 heteroatoms. The second-order valence-electron chi connectivity index (χ2n) is 5.35. The van der Waals surface area contributed by atoms with E-state index in [0.717, 1.165) is 30.9 Å². The van der Waals surface area contributed by atoms with Gasteiger partial charge in [0.1, 0.15) is 0 Å². The van der Waals surface area contributed by atoms with Gasteiger partial charge in [0.25, 0.3) is 0 Å². The summed E-state index contributed by atoms with van der Waals surface area (Å²) in [6.07, 6.45) is 3.84. The van der Waals surface area contributed by atoms with Gasteiger partial charge in [-0.25, -0.2) is 4.57 Å². The lowest BCUT2D eigenvalue weighted by Gasteiger charge is -2.22. The average molecular weight is 352 g/mol. The van der Waals surface area contributed by atoms with Crippen molar-refractivity contribution in [1.82, 2.24) is 0 Å². The number of alkyl halides is 2. The van der Waals surface area contributed by atoms with E-state index in [1.807, 2.05) is 29.1 Å². The van der Waals surface area contributed by atoms with Gasteiger partial charge in [-0.3, -0.25) is 4.79 Å². The van der Waals surface area contributed by atoms with Crippen molar-refractivity contribution >= 4 is 34.7 Å². The molecule has 0 aliphatic heterocycles. The average Bonchev–Trinajstić information content (AvgIpc) is 2.56. The van der Waals surface area contributed by atoms with Gasteiger partial charge in [-0.05, 0) is 25.1 Å². The normalized spacial score (nSPS) is 10.6. The first-order chi connectivity index (χ1) is 11.1. The van der Waals surface area contributed by atoms with Gasteiger partial charge in [-0.2, -0.15) is 0 Å². The first kappa shape index (κ1) is 17.8. The molecule has 1 heterocycles. The molecule has 2 rings (SSSR count). The summed E-state index contributed by atoms with van der Waals surface area (Å²) in [5.74, 6) is 1.23. The van der Waals surface area contributed by atoms with Gasteiger partial charge in [-0.1, -0.05) is 12.1 Å². The number of carbonyl (C=O) groups is 1. The van der Waals surface area contributed by atoms with Crippen LogP contribution in [0.5, 0.6) is 0 Å². The van der Waals surface area contributed by atoms with Gasteiger partial charge < -0.3 is 4.90 Å². The molecule has 0 N–H and O–H groups in total. The summed E-state index contributed by atoms with van der Waals surface area (Å²) >= 11 is 11.7. The second kappa shape index (κ2) is 8.90. The van der Waals surface area contributed by atoms with Crippen LogP contribution in [0.1, 0.15) is 22.8 Å². The molecule has 0 atom stereocenters. The van der Waals surface area contributed by atoms with E-state index in [0.29, 0.717) is 11.8 Å². The predicted octanol–water partition coefficient (Wildman–Crippen LogP) is 3.51. The molecule has 0 aliphatic carbocycles.